The Hall–Kier alpha value is -0.510. The lowest BCUT2D eigenvalue weighted by Crippen LogP contribution is -1.92. The van der Waals surface area contributed by atoms with Crippen molar-refractivity contribution in [2.45, 2.75) is 39.0 Å². The predicted molar refractivity (Wildman–Crippen MR) is 79.0 cm³/mol. The summed E-state index contributed by atoms with van der Waals surface area (Å²) in [6.07, 6.45) is 6.07. The minimum atomic E-state index is 0.659. The molecule has 0 aliphatic heterocycles. The average molecular weight is 327 g/mol. The van der Waals surface area contributed by atoms with E-state index in [9.17, 15) is 0 Å². The molecule has 2 aromatic rings. The summed E-state index contributed by atoms with van der Waals surface area (Å²) in [5, 5.41) is 1.40. The van der Waals surface area contributed by atoms with Gasteiger partial charge in [-0.05, 0) is 58.7 Å². The summed E-state index contributed by atoms with van der Waals surface area (Å²) in [7, 11) is 0. The molecule has 1 heterocycles. The molecule has 1 unspecified atom stereocenters. The molecule has 1 nitrogen and oxygen atoms in total. The van der Waals surface area contributed by atoms with Gasteiger partial charge in [0.1, 0.15) is 0 Å². The van der Waals surface area contributed by atoms with Crippen molar-refractivity contribution in [3.63, 3.8) is 0 Å². The first kappa shape index (κ1) is 12.0. The molecule has 0 saturated carbocycles. The standard InChI is InChI=1S/C14H18IN/c1-3-4-5-10(2)13-9-16-14-7-6-11(15)8-12(13)14/h6-10,16H,3-5H2,1-2H3. The molecule has 0 aliphatic carbocycles. The molecule has 0 amide bonds. The molecular formula is C14H18IN. The first-order valence-corrected chi connectivity index (χ1v) is 7.06. The second-order valence-electron chi connectivity index (χ2n) is 4.48. The number of unbranched alkanes of at least 4 members (excludes halogenated alkanes) is 1. The highest BCUT2D eigenvalue weighted by atomic mass is 127. The summed E-state index contributed by atoms with van der Waals surface area (Å²) < 4.78 is 1.31. The number of hydrogen-bond donors (Lipinski definition) is 1. The second-order valence-corrected chi connectivity index (χ2v) is 5.72. The summed E-state index contributed by atoms with van der Waals surface area (Å²) in [4.78, 5) is 3.37. The molecule has 1 N–H and O–H groups in total. The maximum atomic E-state index is 3.37. The predicted octanol–water partition coefficient (Wildman–Crippen LogP) is 5.07. The molecule has 0 spiro atoms. The summed E-state index contributed by atoms with van der Waals surface area (Å²) >= 11 is 2.38. The van der Waals surface area contributed by atoms with Gasteiger partial charge in [-0.3, -0.25) is 0 Å². The summed E-state index contributed by atoms with van der Waals surface area (Å²) in [6, 6.07) is 6.61. The Morgan fingerprint density at radius 2 is 2.19 bits per heavy atom. The third-order valence-corrected chi connectivity index (χ3v) is 3.87. The van der Waals surface area contributed by atoms with Crippen molar-refractivity contribution in [1.29, 1.82) is 0 Å². The fraction of sp³-hybridized carbons (Fsp3) is 0.429. The Kier molecular flexibility index (Phi) is 3.90. The average Bonchev–Trinajstić information content (AvgIpc) is 2.68. The number of halogens is 1. The van der Waals surface area contributed by atoms with Gasteiger partial charge < -0.3 is 4.98 Å². The fourth-order valence-corrected chi connectivity index (χ4v) is 2.68. The van der Waals surface area contributed by atoms with E-state index in [2.05, 4.69) is 65.8 Å². The second kappa shape index (κ2) is 5.21. The van der Waals surface area contributed by atoms with Crippen LogP contribution in [0.3, 0.4) is 0 Å². The van der Waals surface area contributed by atoms with Crippen molar-refractivity contribution >= 4 is 33.5 Å². The van der Waals surface area contributed by atoms with Crippen molar-refractivity contribution in [2.24, 2.45) is 0 Å². The topological polar surface area (TPSA) is 15.8 Å². The monoisotopic (exact) mass is 327 g/mol. The van der Waals surface area contributed by atoms with Crippen LogP contribution in [0.25, 0.3) is 10.9 Å². The lowest BCUT2D eigenvalue weighted by Gasteiger charge is -2.09. The van der Waals surface area contributed by atoms with Crippen LogP contribution in [0.15, 0.2) is 24.4 Å². The van der Waals surface area contributed by atoms with E-state index in [1.807, 2.05) is 0 Å². The quantitative estimate of drug-likeness (QED) is 0.755. The number of fused-ring (bicyclic) bond motifs is 1. The van der Waals surface area contributed by atoms with Crippen LogP contribution < -0.4 is 0 Å². The van der Waals surface area contributed by atoms with Gasteiger partial charge >= 0.3 is 0 Å². The van der Waals surface area contributed by atoms with Gasteiger partial charge in [0, 0.05) is 20.7 Å². The number of aromatic amines is 1. The van der Waals surface area contributed by atoms with Crippen LogP contribution in [0.5, 0.6) is 0 Å². The summed E-state index contributed by atoms with van der Waals surface area (Å²) in [6.45, 7) is 4.59. The number of rotatable bonds is 4. The van der Waals surface area contributed by atoms with Crippen molar-refractivity contribution in [1.82, 2.24) is 4.98 Å². The van der Waals surface area contributed by atoms with Crippen molar-refractivity contribution in [2.75, 3.05) is 0 Å². The SMILES string of the molecule is CCCCC(C)c1c[nH]c2ccc(I)cc12. The van der Waals surface area contributed by atoms with E-state index >= 15 is 0 Å². The van der Waals surface area contributed by atoms with E-state index in [0.717, 1.165) is 0 Å². The van der Waals surface area contributed by atoms with Crippen molar-refractivity contribution in [3.05, 3.63) is 33.5 Å². The van der Waals surface area contributed by atoms with Crippen LogP contribution in [0.4, 0.5) is 0 Å². The molecule has 0 radical (unpaired) electrons. The molecular weight excluding hydrogens is 309 g/mol. The van der Waals surface area contributed by atoms with Crippen LogP contribution in [0.1, 0.15) is 44.6 Å². The van der Waals surface area contributed by atoms with E-state index in [1.165, 1.54) is 39.3 Å². The zero-order chi connectivity index (χ0) is 11.5. The van der Waals surface area contributed by atoms with Gasteiger partial charge in [0.15, 0.2) is 0 Å². The largest absolute Gasteiger partial charge is 0.361 e. The van der Waals surface area contributed by atoms with Crippen LogP contribution in [-0.4, -0.2) is 4.98 Å². The van der Waals surface area contributed by atoms with Crippen LogP contribution in [0, 0.1) is 3.57 Å². The molecule has 1 atom stereocenters. The molecule has 2 heteroatoms. The molecule has 86 valence electrons. The molecule has 1 aromatic heterocycles. The highest BCUT2D eigenvalue weighted by Gasteiger charge is 2.10. The smallest absolute Gasteiger partial charge is 0.0457 e. The molecule has 2 rings (SSSR count). The number of H-pyrrole nitrogens is 1. The Morgan fingerprint density at radius 3 is 2.94 bits per heavy atom. The van der Waals surface area contributed by atoms with Crippen LogP contribution in [0.2, 0.25) is 0 Å². The molecule has 1 aromatic carbocycles. The zero-order valence-electron chi connectivity index (χ0n) is 9.89. The third-order valence-electron chi connectivity index (χ3n) is 3.20. The molecule has 0 bridgehead atoms. The van der Waals surface area contributed by atoms with Crippen LogP contribution >= 0.6 is 22.6 Å². The first-order valence-electron chi connectivity index (χ1n) is 5.99. The molecule has 0 fully saturated rings. The first-order chi connectivity index (χ1) is 7.72. The van der Waals surface area contributed by atoms with Gasteiger partial charge in [-0.25, -0.2) is 0 Å². The van der Waals surface area contributed by atoms with E-state index in [-0.39, 0.29) is 0 Å². The van der Waals surface area contributed by atoms with Gasteiger partial charge in [-0.1, -0.05) is 26.7 Å². The number of nitrogens with one attached hydrogen (secondary N) is 1. The summed E-state index contributed by atoms with van der Waals surface area (Å²) in [5.74, 6) is 0.659. The van der Waals surface area contributed by atoms with E-state index < -0.39 is 0 Å². The van der Waals surface area contributed by atoms with Gasteiger partial charge in [-0.15, -0.1) is 0 Å². The Morgan fingerprint density at radius 1 is 1.38 bits per heavy atom. The minimum absolute atomic E-state index is 0.659. The van der Waals surface area contributed by atoms with Gasteiger partial charge in [-0.2, -0.15) is 0 Å². The van der Waals surface area contributed by atoms with Crippen molar-refractivity contribution < 1.29 is 0 Å². The maximum Gasteiger partial charge on any atom is 0.0457 e. The van der Waals surface area contributed by atoms with E-state index in [1.54, 1.807) is 0 Å². The molecule has 0 aliphatic rings. The number of aromatic nitrogens is 1. The molecule has 16 heavy (non-hydrogen) atoms. The Labute approximate surface area is 111 Å². The highest BCUT2D eigenvalue weighted by Crippen LogP contribution is 2.29. The summed E-state index contributed by atoms with van der Waals surface area (Å²) in [5.41, 5.74) is 2.74. The normalized spacial score (nSPS) is 13.2. The molecule has 0 saturated heterocycles. The lowest BCUT2D eigenvalue weighted by atomic mass is 9.95. The van der Waals surface area contributed by atoms with Gasteiger partial charge in [0.25, 0.3) is 0 Å². The number of benzene rings is 1. The highest BCUT2D eigenvalue weighted by molar-refractivity contribution is 14.1. The lowest BCUT2D eigenvalue weighted by molar-refractivity contribution is 0.627. The maximum absolute atomic E-state index is 3.37. The Balaban J connectivity index is 2.33. The Bertz CT molecular complexity index is 473. The zero-order valence-corrected chi connectivity index (χ0v) is 12.0. The number of hydrogen-bond acceptors (Lipinski definition) is 0. The van der Waals surface area contributed by atoms with E-state index in [0.29, 0.717) is 5.92 Å². The van der Waals surface area contributed by atoms with Crippen molar-refractivity contribution in [3.8, 4) is 0 Å². The fourth-order valence-electron chi connectivity index (χ4n) is 2.19. The van der Waals surface area contributed by atoms with E-state index in [4.69, 9.17) is 0 Å². The van der Waals surface area contributed by atoms with Gasteiger partial charge in [0.05, 0.1) is 0 Å². The van der Waals surface area contributed by atoms with Crippen LogP contribution in [-0.2, 0) is 0 Å². The van der Waals surface area contributed by atoms with Gasteiger partial charge in [0.2, 0.25) is 0 Å². The minimum Gasteiger partial charge on any atom is -0.361 e. The third kappa shape index (κ3) is 2.42.